The van der Waals surface area contributed by atoms with E-state index in [2.05, 4.69) is 16.0 Å². The summed E-state index contributed by atoms with van der Waals surface area (Å²) in [7, 11) is 0. The van der Waals surface area contributed by atoms with Gasteiger partial charge in [0.25, 0.3) is 0 Å². The average molecular weight is 417 g/mol. The fraction of sp³-hybridized carbons (Fsp3) is 0.429. The van der Waals surface area contributed by atoms with Crippen molar-refractivity contribution < 1.29 is 28.7 Å². The lowest BCUT2D eigenvalue weighted by atomic mass is 10.0. The number of carbonyl (C=O) groups is 4. The number of carbonyl (C=O) groups excluding carboxylic acids is 4. The van der Waals surface area contributed by atoms with Gasteiger partial charge in [0.1, 0.15) is 6.61 Å². The minimum Gasteiger partial charge on any atom is -0.463 e. The molecule has 3 N–H and O–H groups in total. The van der Waals surface area contributed by atoms with Crippen molar-refractivity contribution in [2.45, 2.75) is 45.7 Å². The summed E-state index contributed by atoms with van der Waals surface area (Å²) in [4.78, 5) is 48.2. The van der Waals surface area contributed by atoms with Gasteiger partial charge in [0, 0.05) is 6.92 Å². The van der Waals surface area contributed by atoms with Crippen LogP contribution in [-0.2, 0) is 23.9 Å². The van der Waals surface area contributed by atoms with E-state index in [0.29, 0.717) is 6.42 Å². The van der Waals surface area contributed by atoms with Crippen molar-refractivity contribution in [3.8, 4) is 0 Å². The largest absolute Gasteiger partial charge is 0.463 e. The lowest BCUT2D eigenvalue weighted by Crippen LogP contribution is -2.51. The molecule has 1 aliphatic rings. The second kappa shape index (κ2) is 11.0. The number of benzene rings is 1. The van der Waals surface area contributed by atoms with E-state index in [1.165, 1.54) is 6.92 Å². The minimum atomic E-state index is -0.589. The van der Waals surface area contributed by atoms with Gasteiger partial charge in [0.2, 0.25) is 5.91 Å². The van der Waals surface area contributed by atoms with Gasteiger partial charge in [0.05, 0.1) is 36.4 Å². The van der Waals surface area contributed by atoms with E-state index in [0.717, 1.165) is 5.56 Å². The van der Waals surface area contributed by atoms with Crippen molar-refractivity contribution >= 4 is 23.9 Å². The Hall–Kier alpha value is -3.36. The van der Waals surface area contributed by atoms with Crippen LogP contribution in [0, 0.1) is 0 Å². The summed E-state index contributed by atoms with van der Waals surface area (Å²) in [6.07, 6.45) is 0.368. The molecular weight excluding hydrogens is 390 g/mol. The highest BCUT2D eigenvalue weighted by Gasteiger charge is 2.32. The van der Waals surface area contributed by atoms with Crippen LogP contribution in [0.4, 0.5) is 4.79 Å². The molecule has 1 aromatic carbocycles. The number of hydrogen-bond donors (Lipinski definition) is 3. The molecular formula is C21H27N3O6. The number of urea groups is 1. The minimum absolute atomic E-state index is 0.102. The molecule has 9 heteroatoms. The quantitative estimate of drug-likeness (QED) is 0.526. The standard InChI is InChI=1S/C21H27N3O6/c1-4-15-19(20(27)29-5-2)17(24-21(28)23-15)12-30-18(26)11-16(22-13(3)25)14-9-7-6-8-10-14/h6-10,15-16H,4-5,11-12H2,1-3H3,(H,22,25)(H2,23,24,28)/t15-,16+/m1/s1. The van der Waals surface area contributed by atoms with E-state index in [1.54, 1.807) is 31.2 Å². The zero-order chi connectivity index (χ0) is 22.1. The van der Waals surface area contributed by atoms with Crippen LogP contribution < -0.4 is 16.0 Å². The van der Waals surface area contributed by atoms with Gasteiger partial charge in [-0.15, -0.1) is 0 Å². The summed E-state index contributed by atoms with van der Waals surface area (Å²) in [6.45, 7) is 4.75. The average Bonchev–Trinajstić information content (AvgIpc) is 2.71. The van der Waals surface area contributed by atoms with Crippen molar-refractivity contribution in [3.63, 3.8) is 0 Å². The Kier molecular flexibility index (Phi) is 8.40. The highest BCUT2D eigenvalue weighted by molar-refractivity contribution is 5.94. The number of amides is 3. The van der Waals surface area contributed by atoms with Crippen molar-refractivity contribution in [3.05, 3.63) is 47.2 Å². The molecule has 162 valence electrons. The first-order chi connectivity index (χ1) is 14.3. The molecule has 0 bridgehead atoms. The van der Waals surface area contributed by atoms with Crippen molar-refractivity contribution in [1.29, 1.82) is 0 Å². The number of esters is 2. The molecule has 0 fully saturated rings. The van der Waals surface area contributed by atoms with Gasteiger partial charge in [-0.05, 0) is 18.9 Å². The lowest BCUT2D eigenvalue weighted by molar-refractivity contribution is -0.144. The second-order valence-electron chi connectivity index (χ2n) is 6.70. The molecule has 30 heavy (non-hydrogen) atoms. The van der Waals surface area contributed by atoms with Crippen LogP contribution in [0.25, 0.3) is 0 Å². The molecule has 0 spiro atoms. The maximum absolute atomic E-state index is 12.4. The van der Waals surface area contributed by atoms with Crippen molar-refractivity contribution in [2.75, 3.05) is 13.2 Å². The van der Waals surface area contributed by atoms with E-state index in [9.17, 15) is 19.2 Å². The van der Waals surface area contributed by atoms with Crippen LogP contribution in [0.2, 0.25) is 0 Å². The Balaban J connectivity index is 2.13. The smallest absolute Gasteiger partial charge is 0.338 e. The topological polar surface area (TPSA) is 123 Å². The number of hydrogen-bond acceptors (Lipinski definition) is 6. The molecule has 1 heterocycles. The van der Waals surface area contributed by atoms with E-state index in [1.807, 2.05) is 13.0 Å². The maximum Gasteiger partial charge on any atom is 0.338 e. The van der Waals surface area contributed by atoms with Crippen molar-refractivity contribution in [2.24, 2.45) is 0 Å². The summed E-state index contributed by atoms with van der Waals surface area (Å²) in [6, 6.07) is 7.47. The first kappa shape index (κ1) is 22.9. The fourth-order valence-corrected chi connectivity index (χ4v) is 3.14. The van der Waals surface area contributed by atoms with E-state index < -0.39 is 30.1 Å². The van der Waals surface area contributed by atoms with Gasteiger partial charge in [-0.3, -0.25) is 9.59 Å². The fourth-order valence-electron chi connectivity index (χ4n) is 3.14. The summed E-state index contributed by atoms with van der Waals surface area (Å²) in [5.41, 5.74) is 1.18. The monoisotopic (exact) mass is 417 g/mol. The SMILES string of the molecule is CCOC(=O)C1=C(COC(=O)C[C@H](NC(C)=O)c2ccccc2)NC(=O)N[C@@H]1CC. The van der Waals surface area contributed by atoms with Crippen LogP contribution in [0.3, 0.4) is 0 Å². The first-order valence-corrected chi connectivity index (χ1v) is 9.81. The summed E-state index contributed by atoms with van der Waals surface area (Å²) in [5.74, 6) is -1.45. The van der Waals surface area contributed by atoms with Crippen LogP contribution in [0.1, 0.15) is 45.2 Å². The Bertz CT molecular complexity index is 821. The second-order valence-corrected chi connectivity index (χ2v) is 6.70. The van der Waals surface area contributed by atoms with Gasteiger partial charge in [-0.25, -0.2) is 9.59 Å². The van der Waals surface area contributed by atoms with Gasteiger partial charge in [-0.2, -0.15) is 0 Å². The maximum atomic E-state index is 12.4. The van der Waals surface area contributed by atoms with Gasteiger partial charge in [-0.1, -0.05) is 37.3 Å². The summed E-state index contributed by atoms with van der Waals surface area (Å²) < 4.78 is 10.4. The Morgan fingerprint density at radius 3 is 2.43 bits per heavy atom. The highest BCUT2D eigenvalue weighted by Crippen LogP contribution is 2.20. The molecule has 0 unspecified atom stereocenters. The molecule has 0 aliphatic carbocycles. The third-order valence-corrected chi connectivity index (χ3v) is 4.47. The van der Waals surface area contributed by atoms with Crippen LogP contribution in [-0.4, -0.2) is 43.1 Å². The van der Waals surface area contributed by atoms with Crippen molar-refractivity contribution in [1.82, 2.24) is 16.0 Å². The normalized spacial score (nSPS) is 16.8. The number of ether oxygens (including phenoxy) is 2. The van der Waals surface area contributed by atoms with E-state index >= 15 is 0 Å². The molecule has 0 saturated heterocycles. The lowest BCUT2D eigenvalue weighted by Gasteiger charge is -2.28. The Morgan fingerprint density at radius 2 is 1.83 bits per heavy atom. The Labute approximate surface area is 175 Å². The predicted octanol–water partition coefficient (Wildman–Crippen LogP) is 1.71. The molecule has 0 radical (unpaired) electrons. The molecule has 0 saturated carbocycles. The van der Waals surface area contributed by atoms with Crippen LogP contribution >= 0.6 is 0 Å². The first-order valence-electron chi connectivity index (χ1n) is 9.81. The zero-order valence-corrected chi connectivity index (χ0v) is 17.3. The molecule has 1 aromatic rings. The third kappa shape index (κ3) is 6.33. The predicted molar refractivity (Wildman–Crippen MR) is 108 cm³/mol. The van der Waals surface area contributed by atoms with Crippen LogP contribution in [0.5, 0.6) is 0 Å². The van der Waals surface area contributed by atoms with E-state index in [4.69, 9.17) is 9.47 Å². The molecule has 1 aliphatic heterocycles. The van der Waals surface area contributed by atoms with Gasteiger partial charge < -0.3 is 25.4 Å². The Morgan fingerprint density at radius 1 is 1.13 bits per heavy atom. The summed E-state index contributed by atoms with van der Waals surface area (Å²) in [5, 5.41) is 7.90. The van der Waals surface area contributed by atoms with E-state index in [-0.39, 0.29) is 36.8 Å². The van der Waals surface area contributed by atoms with Crippen LogP contribution in [0.15, 0.2) is 41.6 Å². The molecule has 3 amide bonds. The third-order valence-electron chi connectivity index (χ3n) is 4.47. The van der Waals surface area contributed by atoms with Gasteiger partial charge in [0.15, 0.2) is 0 Å². The molecule has 2 atom stereocenters. The van der Waals surface area contributed by atoms with Gasteiger partial charge >= 0.3 is 18.0 Å². The highest BCUT2D eigenvalue weighted by atomic mass is 16.5. The summed E-state index contributed by atoms with van der Waals surface area (Å²) >= 11 is 0. The molecule has 0 aromatic heterocycles. The number of rotatable bonds is 9. The molecule has 2 rings (SSSR count). The number of nitrogens with one attached hydrogen (secondary N) is 3. The zero-order valence-electron chi connectivity index (χ0n) is 17.3. The molecule has 9 nitrogen and oxygen atoms in total.